The topological polar surface area (TPSA) is 70.1 Å². The van der Waals surface area contributed by atoms with Crippen molar-refractivity contribution in [1.29, 1.82) is 0 Å². The fourth-order valence-electron chi connectivity index (χ4n) is 3.60. The highest BCUT2D eigenvalue weighted by Gasteiger charge is 2.41. The first-order valence-electron chi connectivity index (χ1n) is 9.74. The highest BCUT2D eigenvalue weighted by Crippen LogP contribution is 2.26. The molecule has 28 heavy (non-hydrogen) atoms. The average molecular weight is 394 g/mol. The Bertz CT molecular complexity index is 677. The van der Waals surface area contributed by atoms with Gasteiger partial charge in [0.25, 0.3) is 0 Å². The van der Waals surface area contributed by atoms with Crippen molar-refractivity contribution in [2.24, 2.45) is 5.92 Å². The van der Waals surface area contributed by atoms with Crippen LogP contribution in [0.2, 0.25) is 0 Å². The van der Waals surface area contributed by atoms with Crippen LogP contribution in [0.25, 0.3) is 0 Å². The third kappa shape index (κ3) is 5.36. The summed E-state index contributed by atoms with van der Waals surface area (Å²) in [6.45, 7) is 10.1. The molecule has 7 heteroatoms. The van der Waals surface area contributed by atoms with Gasteiger partial charge in [-0.2, -0.15) is 0 Å². The first-order valence-corrected chi connectivity index (χ1v) is 9.74. The predicted molar refractivity (Wildman–Crippen MR) is 105 cm³/mol. The van der Waals surface area contributed by atoms with E-state index in [1.54, 1.807) is 37.8 Å². The Morgan fingerprint density at radius 2 is 1.71 bits per heavy atom. The number of hydrogen-bond donors (Lipinski definition) is 1. The lowest BCUT2D eigenvalue weighted by molar-refractivity contribution is -0.141. The molecule has 2 amide bonds. The quantitative estimate of drug-likeness (QED) is 0.820. The molecule has 1 saturated heterocycles. The van der Waals surface area contributed by atoms with E-state index in [9.17, 15) is 19.1 Å². The van der Waals surface area contributed by atoms with Crippen LogP contribution in [-0.4, -0.2) is 57.7 Å². The number of carboxylic acid groups (broad SMARTS) is 1. The summed E-state index contributed by atoms with van der Waals surface area (Å²) in [6, 6.07) is 5.17. The number of amides is 2. The molecule has 1 aliphatic rings. The minimum Gasteiger partial charge on any atom is -0.490 e. The molecule has 1 fully saturated rings. The van der Waals surface area contributed by atoms with Crippen LogP contribution in [-0.2, 0) is 4.79 Å². The van der Waals surface area contributed by atoms with Crippen molar-refractivity contribution in [3.8, 4) is 5.75 Å². The second-order valence-corrected chi connectivity index (χ2v) is 8.61. The van der Waals surface area contributed by atoms with Gasteiger partial charge in [0, 0.05) is 31.5 Å². The Kier molecular flexibility index (Phi) is 6.91. The molecule has 1 aliphatic heterocycles. The normalized spacial score (nSPS) is 16.8. The Labute approximate surface area is 166 Å². The van der Waals surface area contributed by atoms with Gasteiger partial charge in [0.2, 0.25) is 5.91 Å². The Morgan fingerprint density at radius 1 is 1.18 bits per heavy atom. The minimum atomic E-state index is -1.09. The summed E-state index contributed by atoms with van der Waals surface area (Å²) in [6.07, 6.45) is 0.159. The monoisotopic (exact) mass is 394 g/mol. The molecule has 0 aromatic heterocycles. The number of hydrogen-bond acceptors (Lipinski definition) is 3. The van der Waals surface area contributed by atoms with E-state index in [1.807, 2.05) is 13.8 Å². The van der Waals surface area contributed by atoms with Gasteiger partial charge in [0.15, 0.2) is 0 Å². The van der Waals surface area contributed by atoms with Crippen molar-refractivity contribution < 1.29 is 23.8 Å². The maximum atomic E-state index is 13.2. The molecule has 0 aliphatic carbocycles. The molecule has 0 spiro atoms. The molecule has 1 aromatic carbocycles. The SMILES string of the molecule is CC(C)[C@H](C(=O)N1CCC(Oc2ccc(F)cc2)CC1)N(C(=O)O)C(C)(C)C. The van der Waals surface area contributed by atoms with Crippen LogP contribution in [0.3, 0.4) is 0 Å². The van der Waals surface area contributed by atoms with E-state index < -0.39 is 17.7 Å². The number of halogens is 1. The maximum absolute atomic E-state index is 13.2. The van der Waals surface area contributed by atoms with Gasteiger partial charge in [-0.05, 0) is 51.0 Å². The first-order chi connectivity index (χ1) is 13.0. The summed E-state index contributed by atoms with van der Waals surface area (Å²) in [4.78, 5) is 28.0. The van der Waals surface area contributed by atoms with Crippen molar-refractivity contribution in [3.05, 3.63) is 30.1 Å². The highest BCUT2D eigenvalue weighted by molar-refractivity contribution is 5.86. The summed E-state index contributed by atoms with van der Waals surface area (Å²) in [5.74, 6) is -0.00563. The fraction of sp³-hybridized carbons (Fsp3) is 0.619. The van der Waals surface area contributed by atoms with Gasteiger partial charge in [-0.15, -0.1) is 0 Å². The summed E-state index contributed by atoms with van der Waals surface area (Å²) in [5.41, 5.74) is -0.680. The van der Waals surface area contributed by atoms with Crippen molar-refractivity contribution in [2.75, 3.05) is 13.1 Å². The van der Waals surface area contributed by atoms with E-state index in [4.69, 9.17) is 4.74 Å². The molecule has 1 aromatic rings. The number of nitrogens with zero attached hydrogens (tertiary/aromatic N) is 2. The zero-order valence-corrected chi connectivity index (χ0v) is 17.3. The fourth-order valence-corrected chi connectivity index (χ4v) is 3.60. The van der Waals surface area contributed by atoms with Crippen LogP contribution in [0, 0.1) is 11.7 Å². The molecular formula is C21H31FN2O4. The number of piperidine rings is 1. The van der Waals surface area contributed by atoms with E-state index in [0.29, 0.717) is 31.7 Å². The molecule has 1 N–H and O–H groups in total. The molecule has 0 bridgehead atoms. The lowest BCUT2D eigenvalue weighted by atomic mass is 9.94. The molecule has 1 atom stereocenters. The number of benzene rings is 1. The van der Waals surface area contributed by atoms with Crippen LogP contribution in [0.4, 0.5) is 9.18 Å². The number of carbonyl (C=O) groups excluding carboxylic acids is 1. The zero-order chi connectivity index (χ0) is 21.1. The number of carbonyl (C=O) groups is 2. The van der Waals surface area contributed by atoms with Crippen LogP contribution in [0.5, 0.6) is 5.75 Å². The Balaban J connectivity index is 2.03. The summed E-state index contributed by atoms with van der Waals surface area (Å²) in [5, 5.41) is 9.71. The van der Waals surface area contributed by atoms with Crippen molar-refractivity contribution in [1.82, 2.24) is 9.80 Å². The molecule has 0 saturated carbocycles. The van der Waals surface area contributed by atoms with Crippen LogP contribution < -0.4 is 4.74 Å². The third-order valence-electron chi connectivity index (χ3n) is 4.96. The summed E-state index contributed by atoms with van der Waals surface area (Å²) in [7, 11) is 0. The highest BCUT2D eigenvalue weighted by atomic mass is 19.1. The van der Waals surface area contributed by atoms with Crippen LogP contribution >= 0.6 is 0 Å². The van der Waals surface area contributed by atoms with Gasteiger partial charge in [-0.1, -0.05) is 13.8 Å². The van der Waals surface area contributed by atoms with Gasteiger partial charge >= 0.3 is 6.09 Å². The molecule has 0 radical (unpaired) electrons. The van der Waals surface area contributed by atoms with Gasteiger partial charge in [-0.25, -0.2) is 9.18 Å². The molecule has 156 valence electrons. The number of likely N-dealkylation sites (tertiary alicyclic amines) is 1. The number of ether oxygens (including phenoxy) is 1. The largest absolute Gasteiger partial charge is 0.490 e. The minimum absolute atomic E-state index is 0.0507. The zero-order valence-electron chi connectivity index (χ0n) is 17.3. The van der Waals surface area contributed by atoms with Gasteiger partial charge in [0.05, 0.1) is 0 Å². The van der Waals surface area contributed by atoms with Gasteiger partial charge in [-0.3, -0.25) is 9.69 Å². The van der Waals surface area contributed by atoms with E-state index in [1.165, 1.54) is 17.0 Å². The van der Waals surface area contributed by atoms with E-state index in [-0.39, 0.29) is 23.7 Å². The predicted octanol–water partition coefficient (Wildman–Crippen LogP) is 4.00. The standard InChI is InChI=1S/C21H31FN2O4/c1-14(2)18(24(20(26)27)21(3,4)5)19(25)23-12-10-17(11-13-23)28-16-8-6-15(22)7-9-16/h6-9,14,17-18H,10-13H2,1-5H3,(H,26,27)/t18-/m1/s1. The van der Waals surface area contributed by atoms with Gasteiger partial charge in [0.1, 0.15) is 23.7 Å². The van der Waals surface area contributed by atoms with E-state index in [2.05, 4.69) is 0 Å². The maximum Gasteiger partial charge on any atom is 0.408 e. The van der Waals surface area contributed by atoms with Crippen LogP contribution in [0.15, 0.2) is 24.3 Å². The summed E-state index contributed by atoms with van der Waals surface area (Å²) >= 11 is 0. The van der Waals surface area contributed by atoms with Crippen molar-refractivity contribution in [3.63, 3.8) is 0 Å². The molecule has 1 heterocycles. The van der Waals surface area contributed by atoms with E-state index >= 15 is 0 Å². The van der Waals surface area contributed by atoms with Crippen molar-refractivity contribution in [2.45, 2.75) is 65.1 Å². The average Bonchev–Trinajstić information content (AvgIpc) is 2.60. The third-order valence-corrected chi connectivity index (χ3v) is 4.96. The lowest BCUT2D eigenvalue weighted by Crippen LogP contribution is -2.60. The van der Waals surface area contributed by atoms with Crippen LogP contribution in [0.1, 0.15) is 47.5 Å². The molecule has 0 unspecified atom stereocenters. The first kappa shape index (κ1) is 22.0. The Hall–Kier alpha value is -2.31. The second kappa shape index (κ2) is 8.80. The molecular weight excluding hydrogens is 363 g/mol. The number of rotatable bonds is 5. The van der Waals surface area contributed by atoms with Crippen molar-refractivity contribution >= 4 is 12.0 Å². The second-order valence-electron chi connectivity index (χ2n) is 8.61. The smallest absolute Gasteiger partial charge is 0.408 e. The lowest BCUT2D eigenvalue weighted by Gasteiger charge is -2.43. The molecule has 2 rings (SSSR count). The summed E-state index contributed by atoms with van der Waals surface area (Å²) < 4.78 is 18.9. The Morgan fingerprint density at radius 3 is 2.14 bits per heavy atom. The molecule has 6 nitrogen and oxygen atoms in total. The van der Waals surface area contributed by atoms with Gasteiger partial charge < -0.3 is 14.7 Å². The van der Waals surface area contributed by atoms with E-state index in [0.717, 1.165) is 0 Å².